The maximum atomic E-state index is 12.1. The van der Waals surface area contributed by atoms with E-state index in [9.17, 15) is 4.79 Å². The van der Waals surface area contributed by atoms with Gasteiger partial charge in [0.1, 0.15) is 5.82 Å². The van der Waals surface area contributed by atoms with Crippen LogP contribution in [0.3, 0.4) is 0 Å². The highest BCUT2D eigenvalue weighted by atomic mass is 16.1. The molecule has 0 amide bonds. The Kier molecular flexibility index (Phi) is 7.55. The highest BCUT2D eigenvalue weighted by molar-refractivity contribution is 6.04. The predicted octanol–water partition coefficient (Wildman–Crippen LogP) is 4.30. The summed E-state index contributed by atoms with van der Waals surface area (Å²) in [5.74, 6) is 1.48. The lowest BCUT2D eigenvalue weighted by Crippen LogP contribution is -2.31. The van der Waals surface area contributed by atoms with Gasteiger partial charge in [-0.2, -0.15) is 0 Å². The Bertz CT molecular complexity index is 1250. The number of carbonyl (C=O) groups excluding carboxylic acids is 1. The minimum atomic E-state index is 0.553. The van der Waals surface area contributed by atoms with Crippen molar-refractivity contribution in [1.29, 1.82) is 0 Å². The average molecular weight is 459 g/mol. The zero-order chi connectivity index (χ0) is 24.1. The standard InChI is InChI=1S/C27H34N6O/c1-31(2)15-9-17-33(18-10-16-32(3)4)27-21-12-6-8-14-24(21)29-26(30-27)25-22(19-34)20-11-5-7-13-23(20)28-25/h5-8,11-14,19,28H,9-10,15-18H2,1-4H3. The van der Waals surface area contributed by atoms with E-state index in [1.54, 1.807) is 0 Å². The fourth-order valence-electron chi connectivity index (χ4n) is 4.35. The third kappa shape index (κ3) is 5.26. The van der Waals surface area contributed by atoms with Gasteiger partial charge in [-0.1, -0.05) is 30.3 Å². The van der Waals surface area contributed by atoms with E-state index in [4.69, 9.17) is 9.97 Å². The van der Waals surface area contributed by atoms with Gasteiger partial charge in [0.2, 0.25) is 0 Å². The molecule has 0 saturated heterocycles. The largest absolute Gasteiger partial charge is 0.356 e. The van der Waals surface area contributed by atoms with E-state index in [0.717, 1.165) is 72.9 Å². The van der Waals surface area contributed by atoms with Gasteiger partial charge in [0.15, 0.2) is 12.1 Å². The van der Waals surface area contributed by atoms with Crippen molar-refractivity contribution in [1.82, 2.24) is 24.8 Å². The van der Waals surface area contributed by atoms with Crippen molar-refractivity contribution in [3.63, 3.8) is 0 Å². The fraction of sp³-hybridized carbons (Fsp3) is 0.370. The number of para-hydroxylation sites is 2. The molecule has 0 aliphatic heterocycles. The van der Waals surface area contributed by atoms with Crippen molar-refractivity contribution >= 4 is 33.9 Å². The third-order valence-corrected chi connectivity index (χ3v) is 6.04. The molecule has 34 heavy (non-hydrogen) atoms. The highest BCUT2D eigenvalue weighted by Gasteiger charge is 2.19. The number of carbonyl (C=O) groups is 1. The zero-order valence-electron chi connectivity index (χ0n) is 20.6. The molecule has 0 atom stereocenters. The summed E-state index contributed by atoms with van der Waals surface area (Å²) in [6.45, 7) is 3.83. The maximum absolute atomic E-state index is 12.1. The second kappa shape index (κ2) is 10.8. The molecule has 0 radical (unpaired) electrons. The first kappa shape index (κ1) is 23.9. The number of benzene rings is 2. The smallest absolute Gasteiger partial charge is 0.179 e. The molecule has 2 aromatic carbocycles. The van der Waals surface area contributed by atoms with E-state index in [0.29, 0.717) is 17.1 Å². The van der Waals surface area contributed by atoms with Gasteiger partial charge in [-0.05, 0) is 72.3 Å². The lowest BCUT2D eigenvalue weighted by Gasteiger charge is -2.27. The van der Waals surface area contributed by atoms with Crippen LogP contribution in [0.5, 0.6) is 0 Å². The Balaban J connectivity index is 1.81. The van der Waals surface area contributed by atoms with Gasteiger partial charge in [0, 0.05) is 29.4 Å². The van der Waals surface area contributed by atoms with Crippen molar-refractivity contribution < 1.29 is 4.79 Å². The number of fused-ring (bicyclic) bond motifs is 2. The molecule has 7 heteroatoms. The molecule has 4 rings (SSSR count). The monoisotopic (exact) mass is 458 g/mol. The Morgan fingerprint density at radius 2 is 1.41 bits per heavy atom. The summed E-state index contributed by atoms with van der Waals surface area (Å²) >= 11 is 0. The number of anilines is 1. The van der Waals surface area contributed by atoms with Crippen molar-refractivity contribution in [2.75, 3.05) is 59.3 Å². The van der Waals surface area contributed by atoms with E-state index < -0.39 is 0 Å². The number of hydrogen-bond acceptors (Lipinski definition) is 6. The van der Waals surface area contributed by atoms with E-state index >= 15 is 0 Å². The third-order valence-electron chi connectivity index (χ3n) is 6.04. The van der Waals surface area contributed by atoms with Gasteiger partial charge in [-0.3, -0.25) is 4.79 Å². The van der Waals surface area contributed by atoms with Crippen LogP contribution in [0.1, 0.15) is 23.2 Å². The molecule has 0 bridgehead atoms. The Labute approximate surface area is 201 Å². The van der Waals surface area contributed by atoms with Gasteiger partial charge < -0.3 is 19.7 Å². The molecule has 0 fully saturated rings. The van der Waals surface area contributed by atoms with Gasteiger partial charge in [-0.25, -0.2) is 9.97 Å². The fourth-order valence-corrected chi connectivity index (χ4v) is 4.35. The normalized spacial score (nSPS) is 11.7. The van der Waals surface area contributed by atoms with Crippen LogP contribution in [-0.2, 0) is 0 Å². The van der Waals surface area contributed by atoms with E-state index in [1.807, 2.05) is 42.5 Å². The summed E-state index contributed by atoms with van der Waals surface area (Å²) in [6.07, 6.45) is 2.97. The second-order valence-electron chi connectivity index (χ2n) is 9.27. The predicted molar refractivity (Wildman–Crippen MR) is 141 cm³/mol. The summed E-state index contributed by atoms with van der Waals surface area (Å²) in [7, 11) is 8.41. The number of aldehydes is 1. The number of H-pyrrole nitrogens is 1. The lowest BCUT2D eigenvalue weighted by molar-refractivity contribution is 0.112. The minimum absolute atomic E-state index is 0.553. The SMILES string of the molecule is CN(C)CCCN(CCCN(C)C)c1nc(-c2[nH]c3ccccc3c2C=O)nc2ccccc12. The van der Waals surface area contributed by atoms with Crippen LogP contribution in [0.2, 0.25) is 0 Å². The average Bonchev–Trinajstić information content (AvgIpc) is 3.21. The second-order valence-corrected chi connectivity index (χ2v) is 9.27. The first-order valence-corrected chi connectivity index (χ1v) is 11.9. The van der Waals surface area contributed by atoms with Crippen molar-refractivity contribution in [2.45, 2.75) is 12.8 Å². The molecule has 0 aliphatic carbocycles. The van der Waals surface area contributed by atoms with Crippen LogP contribution >= 0.6 is 0 Å². The molecule has 0 aliphatic rings. The van der Waals surface area contributed by atoms with Crippen molar-refractivity contribution in [2.24, 2.45) is 0 Å². The molecule has 2 heterocycles. The van der Waals surface area contributed by atoms with Crippen LogP contribution in [0.4, 0.5) is 5.82 Å². The van der Waals surface area contributed by atoms with Crippen LogP contribution in [0, 0.1) is 0 Å². The number of aromatic amines is 1. The highest BCUT2D eigenvalue weighted by Crippen LogP contribution is 2.31. The minimum Gasteiger partial charge on any atom is -0.356 e. The van der Waals surface area contributed by atoms with Crippen LogP contribution in [0.15, 0.2) is 48.5 Å². The molecule has 0 unspecified atom stereocenters. The zero-order valence-corrected chi connectivity index (χ0v) is 20.6. The van der Waals surface area contributed by atoms with Crippen LogP contribution in [-0.4, -0.2) is 85.4 Å². The number of nitrogens with zero attached hydrogens (tertiary/aromatic N) is 5. The first-order valence-electron chi connectivity index (χ1n) is 11.9. The lowest BCUT2D eigenvalue weighted by atomic mass is 10.1. The molecule has 178 valence electrons. The van der Waals surface area contributed by atoms with Crippen LogP contribution in [0.25, 0.3) is 33.3 Å². The summed E-state index contributed by atoms with van der Waals surface area (Å²) < 4.78 is 0. The molecular formula is C27H34N6O. The number of aromatic nitrogens is 3. The molecule has 2 aromatic heterocycles. The summed E-state index contributed by atoms with van der Waals surface area (Å²) in [5.41, 5.74) is 3.06. The summed E-state index contributed by atoms with van der Waals surface area (Å²) in [4.78, 5) is 32.2. The summed E-state index contributed by atoms with van der Waals surface area (Å²) in [6, 6.07) is 16.0. The number of rotatable bonds is 11. The van der Waals surface area contributed by atoms with Crippen LogP contribution < -0.4 is 4.90 Å². The van der Waals surface area contributed by atoms with E-state index in [2.05, 4.69) is 53.9 Å². The molecule has 7 nitrogen and oxygen atoms in total. The first-order chi connectivity index (χ1) is 16.5. The van der Waals surface area contributed by atoms with Gasteiger partial charge in [-0.15, -0.1) is 0 Å². The van der Waals surface area contributed by atoms with Gasteiger partial charge in [0.05, 0.1) is 16.8 Å². The molecule has 0 saturated carbocycles. The van der Waals surface area contributed by atoms with E-state index in [1.165, 1.54) is 0 Å². The molecule has 0 spiro atoms. The van der Waals surface area contributed by atoms with E-state index in [-0.39, 0.29) is 0 Å². The van der Waals surface area contributed by atoms with Crippen molar-refractivity contribution in [3.05, 3.63) is 54.1 Å². The summed E-state index contributed by atoms with van der Waals surface area (Å²) in [5, 5.41) is 1.92. The number of hydrogen-bond donors (Lipinski definition) is 1. The maximum Gasteiger partial charge on any atom is 0.179 e. The Hall–Kier alpha value is -3.29. The van der Waals surface area contributed by atoms with Crippen molar-refractivity contribution in [3.8, 4) is 11.5 Å². The molecule has 4 aromatic rings. The topological polar surface area (TPSA) is 68.4 Å². The Morgan fingerprint density at radius 1 is 0.794 bits per heavy atom. The molecule has 1 N–H and O–H groups in total. The quantitative estimate of drug-likeness (QED) is 0.338. The number of nitrogens with one attached hydrogen (secondary N) is 1. The Morgan fingerprint density at radius 3 is 2.06 bits per heavy atom. The molecular weight excluding hydrogens is 424 g/mol. The van der Waals surface area contributed by atoms with Gasteiger partial charge in [0.25, 0.3) is 0 Å². The van der Waals surface area contributed by atoms with Gasteiger partial charge >= 0.3 is 0 Å².